The van der Waals surface area contributed by atoms with Crippen LogP contribution in [0.3, 0.4) is 0 Å². The zero-order valence-electron chi connectivity index (χ0n) is 11.0. The first-order valence-electron chi connectivity index (χ1n) is 6.06. The maximum Gasteiger partial charge on any atom is 0.286 e. The van der Waals surface area contributed by atoms with Crippen molar-refractivity contribution < 1.29 is 13.2 Å². The summed E-state index contributed by atoms with van der Waals surface area (Å²) in [6.45, 7) is 0. The maximum atomic E-state index is 12.2. The third kappa shape index (κ3) is 2.54. The highest BCUT2D eigenvalue weighted by molar-refractivity contribution is 9.10. The number of hydrogen-bond donors (Lipinski definition) is 1. The molecule has 2 aromatic rings. The van der Waals surface area contributed by atoms with Crippen molar-refractivity contribution in [3.8, 4) is 5.75 Å². The molecule has 5 nitrogen and oxygen atoms in total. The summed E-state index contributed by atoms with van der Waals surface area (Å²) in [5.74, 6) is 0.954. The van der Waals surface area contributed by atoms with Crippen molar-refractivity contribution in [1.82, 2.24) is 0 Å². The number of benzene rings is 2. The lowest BCUT2D eigenvalue weighted by molar-refractivity contribution is 0.412. The van der Waals surface area contributed by atoms with Crippen molar-refractivity contribution in [2.24, 2.45) is 4.40 Å². The highest BCUT2D eigenvalue weighted by Gasteiger charge is 2.25. The number of hydrogen-bond acceptors (Lipinski definition) is 4. The normalized spacial score (nSPS) is 15.6. The molecule has 3 rings (SSSR count). The van der Waals surface area contributed by atoms with Crippen LogP contribution in [0.1, 0.15) is 5.56 Å². The minimum atomic E-state index is -3.69. The van der Waals surface area contributed by atoms with Gasteiger partial charge in [-0.1, -0.05) is 12.1 Å². The Balaban J connectivity index is 2.10. The molecule has 0 bridgehead atoms. The Labute approximate surface area is 130 Å². The van der Waals surface area contributed by atoms with Gasteiger partial charge in [0.15, 0.2) is 5.84 Å². The first kappa shape index (κ1) is 14.1. The van der Waals surface area contributed by atoms with Crippen molar-refractivity contribution >= 4 is 37.5 Å². The van der Waals surface area contributed by atoms with E-state index < -0.39 is 10.0 Å². The summed E-state index contributed by atoms with van der Waals surface area (Å²) in [5.41, 5.74) is 1.18. The largest absolute Gasteiger partial charge is 0.496 e. The van der Waals surface area contributed by atoms with Crippen molar-refractivity contribution in [2.75, 3.05) is 12.4 Å². The number of rotatable bonds is 2. The molecule has 1 heterocycles. The number of halogens is 1. The monoisotopic (exact) mass is 366 g/mol. The van der Waals surface area contributed by atoms with E-state index >= 15 is 0 Å². The molecule has 0 spiro atoms. The Hall–Kier alpha value is -1.86. The fourth-order valence-corrected chi connectivity index (χ4v) is 3.73. The number of para-hydroxylation sites is 1. The number of nitrogens with one attached hydrogen (secondary N) is 1. The molecule has 0 unspecified atom stereocenters. The van der Waals surface area contributed by atoms with Gasteiger partial charge in [-0.25, -0.2) is 0 Å². The first-order valence-corrected chi connectivity index (χ1v) is 8.29. The lowest BCUT2D eigenvalue weighted by atomic mass is 10.2. The van der Waals surface area contributed by atoms with Crippen LogP contribution in [0.15, 0.2) is 56.2 Å². The van der Waals surface area contributed by atoms with Gasteiger partial charge in [0.05, 0.1) is 17.3 Å². The van der Waals surface area contributed by atoms with Crippen molar-refractivity contribution in [1.29, 1.82) is 0 Å². The topological polar surface area (TPSA) is 67.8 Å². The van der Waals surface area contributed by atoms with Crippen LogP contribution in [0, 0.1) is 0 Å². The SMILES string of the molecule is COc1ccc(C2=NS(=O)(=O)c3ccccc3N2)cc1Br. The molecule has 0 saturated carbocycles. The van der Waals surface area contributed by atoms with Crippen molar-refractivity contribution in [3.63, 3.8) is 0 Å². The van der Waals surface area contributed by atoms with E-state index in [1.165, 1.54) is 6.07 Å². The molecule has 0 atom stereocenters. The zero-order chi connectivity index (χ0) is 15.0. The Morgan fingerprint density at radius 3 is 2.67 bits per heavy atom. The zero-order valence-corrected chi connectivity index (χ0v) is 13.4. The average molecular weight is 367 g/mol. The Kier molecular flexibility index (Phi) is 3.46. The molecule has 1 N–H and O–H groups in total. The number of anilines is 1. The van der Waals surface area contributed by atoms with E-state index in [1.807, 2.05) is 0 Å². The fraction of sp³-hybridized carbons (Fsp3) is 0.0714. The number of amidine groups is 1. The van der Waals surface area contributed by atoms with Gasteiger partial charge in [-0.05, 0) is 46.3 Å². The lowest BCUT2D eigenvalue weighted by Gasteiger charge is -2.18. The molecule has 1 aliphatic rings. The second-order valence-electron chi connectivity index (χ2n) is 4.39. The predicted octanol–water partition coefficient (Wildman–Crippen LogP) is 3.02. The molecule has 0 aromatic heterocycles. The van der Waals surface area contributed by atoms with Crippen LogP contribution >= 0.6 is 15.9 Å². The van der Waals surface area contributed by atoms with Gasteiger partial charge in [0.2, 0.25) is 0 Å². The van der Waals surface area contributed by atoms with Gasteiger partial charge in [-0.2, -0.15) is 8.42 Å². The Bertz CT molecular complexity index is 847. The summed E-state index contributed by atoms with van der Waals surface area (Å²) in [4.78, 5) is 0.182. The van der Waals surface area contributed by atoms with E-state index in [1.54, 1.807) is 43.5 Å². The van der Waals surface area contributed by atoms with E-state index in [9.17, 15) is 8.42 Å². The average Bonchev–Trinajstić information content (AvgIpc) is 2.46. The van der Waals surface area contributed by atoms with E-state index in [0.717, 1.165) is 4.47 Å². The first-order chi connectivity index (χ1) is 10.0. The summed E-state index contributed by atoms with van der Waals surface area (Å²) in [6.07, 6.45) is 0. The molecular weight excluding hydrogens is 356 g/mol. The predicted molar refractivity (Wildman–Crippen MR) is 84.5 cm³/mol. The molecule has 0 saturated heterocycles. The standard InChI is InChI=1S/C14H11BrN2O3S/c1-20-12-7-6-9(8-10(12)15)14-16-11-4-2-3-5-13(11)21(18,19)17-14/h2-8H,1H3,(H,16,17). The van der Waals surface area contributed by atoms with Crippen LogP contribution in [-0.4, -0.2) is 21.4 Å². The number of sulfonamides is 1. The number of ether oxygens (including phenoxy) is 1. The van der Waals surface area contributed by atoms with Crippen molar-refractivity contribution in [3.05, 3.63) is 52.5 Å². The molecule has 0 fully saturated rings. The Morgan fingerprint density at radius 2 is 1.95 bits per heavy atom. The molecule has 7 heteroatoms. The van der Waals surface area contributed by atoms with Crippen molar-refractivity contribution in [2.45, 2.75) is 4.90 Å². The van der Waals surface area contributed by atoms with Crippen LogP contribution in [0.2, 0.25) is 0 Å². The molecule has 0 radical (unpaired) electrons. The van der Waals surface area contributed by atoms with Crippen LogP contribution < -0.4 is 10.1 Å². The van der Waals surface area contributed by atoms with E-state index in [4.69, 9.17) is 4.74 Å². The van der Waals surface area contributed by atoms with Crippen LogP contribution in [0.25, 0.3) is 0 Å². The van der Waals surface area contributed by atoms with Crippen LogP contribution in [0.4, 0.5) is 5.69 Å². The molecule has 0 amide bonds. The molecule has 21 heavy (non-hydrogen) atoms. The molecule has 1 aliphatic heterocycles. The highest BCUT2D eigenvalue weighted by Crippen LogP contribution is 2.30. The number of nitrogens with zero attached hydrogens (tertiary/aromatic N) is 1. The summed E-state index contributed by atoms with van der Waals surface area (Å²) in [6, 6.07) is 11.9. The summed E-state index contributed by atoms with van der Waals surface area (Å²) < 4.78 is 34.1. The van der Waals surface area contributed by atoms with Gasteiger partial charge in [0.1, 0.15) is 10.6 Å². The third-order valence-corrected chi connectivity index (χ3v) is 5.01. The molecular formula is C14H11BrN2O3S. The highest BCUT2D eigenvalue weighted by atomic mass is 79.9. The second kappa shape index (κ2) is 5.16. The Morgan fingerprint density at radius 1 is 1.19 bits per heavy atom. The smallest absolute Gasteiger partial charge is 0.286 e. The summed E-state index contributed by atoms with van der Waals surface area (Å²) in [5, 5.41) is 3.04. The molecule has 2 aromatic carbocycles. The minimum Gasteiger partial charge on any atom is -0.496 e. The van der Waals surface area contributed by atoms with Crippen LogP contribution in [0.5, 0.6) is 5.75 Å². The van der Waals surface area contributed by atoms with Gasteiger partial charge < -0.3 is 10.1 Å². The van der Waals surface area contributed by atoms with Gasteiger partial charge >= 0.3 is 0 Å². The minimum absolute atomic E-state index is 0.182. The quantitative estimate of drug-likeness (QED) is 0.886. The van der Waals surface area contributed by atoms with E-state index in [2.05, 4.69) is 25.6 Å². The van der Waals surface area contributed by atoms with Gasteiger partial charge in [0, 0.05) is 5.56 Å². The van der Waals surface area contributed by atoms with Gasteiger partial charge in [0.25, 0.3) is 10.0 Å². The molecule has 0 aliphatic carbocycles. The van der Waals surface area contributed by atoms with Crippen LogP contribution in [-0.2, 0) is 10.0 Å². The molecule has 108 valence electrons. The maximum absolute atomic E-state index is 12.2. The van der Waals surface area contributed by atoms with Gasteiger partial charge in [-0.3, -0.25) is 0 Å². The van der Waals surface area contributed by atoms with E-state index in [-0.39, 0.29) is 10.7 Å². The summed E-state index contributed by atoms with van der Waals surface area (Å²) in [7, 11) is -2.12. The summed E-state index contributed by atoms with van der Waals surface area (Å²) >= 11 is 3.38. The fourth-order valence-electron chi connectivity index (χ4n) is 2.05. The lowest BCUT2D eigenvalue weighted by Crippen LogP contribution is -2.22. The van der Waals surface area contributed by atoms with E-state index in [0.29, 0.717) is 17.0 Å². The third-order valence-electron chi connectivity index (χ3n) is 3.05. The second-order valence-corrected chi connectivity index (χ2v) is 6.81. The van der Waals surface area contributed by atoms with Gasteiger partial charge in [-0.15, -0.1) is 4.40 Å². The number of fused-ring (bicyclic) bond motifs is 1. The number of methoxy groups -OCH3 is 1.